The number of carbonyl (C=O) groups excluding carboxylic acids is 2. The van der Waals surface area contributed by atoms with Crippen LogP contribution >= 0.6 is 0 Å². The second kappa shape index (κ2) is 28.0. The molecule has 0 aliphatic heterocycles. The van der Waals surface area contributed by atoms with Gasteiger partial charge in [0.15, 0.2) is 11.6 Å². The maximum Gasteiger partial charge on any atom is 1.00 e. The number of hydrogen-bond donors (Lipinski definition) is 2. The smallest absolute Gasteiger partial charge is 0.512 e. The zero-order valence-corrected chi connectivity index (χ0v) is 17.6. The van der Waals surface area contributed by atoms with Gasteiger partial charge in [0.05, 0.1) is 23.7 Å². The van der Waals surface area contributed by atoms with Crippen LogP contribution in [0.1, 0.15) is 41.5 Å². The molecule has 0 saturated carbocycles. The number of carbonyl (C=O) groups is 2. The summed E-state index contributed by atoms with van der Waals surface area (Å²) in [5.41, 5.74) is 0. The van der Waals surface area contributed by atoms with Crippen LogP contribution in [-0.2, 0) is 29.1 Å². The minimum Gasteiger partial charge on any atom is -0.512 e. The minimum absolute atomic E-state index is 0. The van der Waals surface area contributed by atoms with Crippen LogP contribution in [0.3, 0.4) is 0 Å². The van der Waals surface area contributed by atoms with Crippen molar-refractivity contribution < 1.29 is 68.2 Å². The first-order valence-corrected chi connectivity index (χ1v) is 7.31. The van der Waals surface area contributed by atoms with Crippen LogP contribution in [0.5, 0.6) is 0 Å². The molecule has 0 amide bonds. The number of ketones is 2. The number of halogens is 1. The summed E-state index contributed by atoms with van der Waals surface area (Å²) >= 11 is 0. The van der Waals surface area contributed by atoms with Gasteiger partial charge in [-0.1, -0.05) is 0 Å². The topological polar surface area (TPSA) is 214 Å². The van der Waals surface area contributed by atoms with Crippen LogP contribution in [0, 0.1) is 32.9 Å². The third-order valence-corrected chi connectivity index (χ3v) is 0.824. The molecule has 10 nitrogen and oxygen atoms in total. The zero-order chi connectivity index (χ0) is 21.6. The van der Waals surface area contributed by atoms with Crippen LogP contribution in [0.4, 0.5) is 0 Å². The van der Waals surface area contributed by atoms with Crippen molar-refractivity contribution in [1.29, 1.82) is 10.5 Å². The third-order valence-electron chi connectivity index (χ3n) is 0.824. The van der Waals surface area contributed by atoms with Crippen LogP contribution in [0.15, 0.2) is 23.7 Å². The predicted molar refractivity (Wildman–Crippen MR) is 76.7 cm³/mol. The molecule has 2 N–H and O–H groups in total. The number of nitrogens with zero attached hydrogens (tertiary/aromatic N) is 2. The summed E-state index contributed by atoms with van der Waals surface area (Å²) < 4.78 is 34.0. The Balaban J connectivity index is -0.0000000498. The van der Waals surface area contributed by atoms with E-state index in [1.165, 1.54) is 53.7 Å². The van der Waals surface area contributed by atoms with Gasteiger partial charge < -0.3 is 10.2 Å². The Morgan fingerprint density at radius 2 is 0.923 bits per heavy atom. The van der Waals surface area contributed by atoms with E-state index in [4.69, 9.17) is 39.4 Å². The molecule has 0 spiro atoms. The molecule has 0 aromatic heterocycles. The van der Waals surface area contributed by atoms with E-state index in [9.17, 15) is 9.59 Å². The van der Waals surface area contributed by atoms with Gasteiger partial charge in [-0.05, 0) is 27.7 Å². The maximum absolute atomic E-state index is 10.0. The molecule has 1 radical (unpaired) electrons. The number of aliphatic hydroxyl groups excluding tert-OH is 2. The summed E-state index contributed by atoms with van der Waals surface area (Å²) in [6.07, 6.45) is 2.33. The number of hydrogen-bond acceptors (Lipinski definition) is 10. The summed E-state index contributed by atoms with van der Waals surface area (Å²) in [5.74, 6) is -0.125. The zero-order valence-electron chi connectivity index (χ0n) is 15.1. The molecule has 0 atom stereocenters. The van der Waals surface area contributed by atoms with E-state index in [-0.39, 0.29) is 42.6 Å². The van der Waals surface area contributed by atoms with Crippen molar-refractivity contribution >= 4 is 11.6 Å². The van der Waals surface area contributed by atoms with E-state index in [2.05, 4.69) is 0 Å². The van der Waals surface area contributed by atoms with E-state index < -0.39 is 10.2 Å². The molecule has 0 aromatic carbocycles. The molecule has 151 valence electrons. The van der Waals surface area contributed by atoms with Crippen molar-refractivity contribution in [2.75, 3.05) is 0 Å². The second-order valence-electron chi connectivity index (χ2n) is 3.62. The molecule has 0 unspecified atom stereocenters. The van der Waals surface area contributed by atoms with Crippen molar-refractivity contribution in [3.8, 4) is 12.1 Å². The fourth-order valence-electron chi connectivity index (χ4n) is 0.588. The van der Waals surface area contributed by atoms with Gasteiger partial charge in [0, 0.05) is 26.0 Å². The largest absolute Gasteiger partial charge is 1.00 e. The maximum atomic E-state index is 10.0. The standard InChI is InChI=1S/2C5H8O2.2C2H3N.ClHO4.Ru/c2*1-4(6)3-5(2)7;2*1-2-3;2-1(3,4)5;/h2*3,6H,1-2H3;2*1H3;(H,2,3,4,5);/q;;;;;+1/p-1/b2*4-3-;;;;. The molecule has 0 aliphatic carbocycles. The molecule has 12 heteroatoms. The third kappa shape index (κ3) is 262. The monoisotopic (exact) mass is 483 g/mol. The van der Waals surface area contributed by atoms with Crippen molar-refractivity contribution in [2.45, 2.75) is 41.5 Å². The summed E-state index contributed by atoms with van der Waals surface area (Å²) in [5, 5.41) is 31.4. The molecule has 0 saturated heterocycles. The molecular weight excluding hydrogens is 461 g/mol. The van der Waals surface area contributed by atoms with Crippen LogP contribution in [0.25, 0.3) is 0 Å². The Hall–Kier alpha value is -1.85. The van der Waals surface area contributed by atoms with E-state index in [1.54, 1.807) is 12.1 Å². The Labute approximate surface area is 167 Å². The van der Waals surface area contributed by atoms with E-state index >= 15 is 0 Å². The SMILES string of the molecule is CC#N.CC#N.CC(=O)/C=C(/C)O.CC(=O)/C=C(/C)O.[O-][Cl+3]([O-])([O-])[O-].[Ru+]. The normalized spacial score (nSPS) is 9.08. The van der Waals surface area contributed by atoms with Gasteiger partial charge in [-0.15, -0.1) is 10.2 Å². The van der Waals surface area contributed by atoms with Gasteiger partial charge in [0.1, 0.15) is 0 Å². The first kappa shape index (κ1) is 39.3. The molecule has 26 heavy (non-hydrogen) atoms. The molecule has 0 fully saturated rings. The Bertz CT molecular complexity index is 449. The number of allylic oxidation sites excluding steroid dienone is 4. The van der Waals surface area contributed by atoms with Gasteiger partial charge in [0.25, 0.3) is 0 Å². The van der Waals surface area contributed by atoms with Crippen molar-refractivity contribution in [1.82, 2.24) is 0 Å². The Morgan fingerprint density at radius 1 is 0.808 bits per heavy atom. The fourth-order valence-corrected chi connectivity index (χ4v) is 0.588. The van der Waals surface area contributed by atoms with Crippen LogP contribution < -0.4 is 18.6 Å². The Kier molecular flexibility index (Phi) is 42.3. The van der Waals surface area contributed by atoms with Gasteiger partial charge in [-0.3, -0.25) is 9.59 Å². The van der Waals surface area contributed by atoms with Crippen molar-refractivity contribution in [2.24, 2.45) is 0 Å². The first-order valence-electron chi connectivity index (χ1n) is 6.07. The van der Waals surface area contributed by atoms with Gasteiger partial charge in [-0.25, -0.2) is 18.6 Å². The average Bonchev–Trinajstić information content (AvgIpc) is 2.24. The van der Waals surface area contributed by atoms with Crippen molar-refractivity contribution in [3.63, 3.8) is 0 Å². The number of rotatable bonds is 2. The summed E-state index contributed by atoms with van der Waals surface area (Å²) in [6.45, 7) is 8.56. The molecule has 0 aliphatic rings. The van der Waals surface area contributed by atoms with Crippen LogP contribution in [0.2, 0.25) is 0 Å². The number of nitriles is 2. The molecule has 0 rings (SSSR count). The number of aliphatic hydroxyl groups is 2. The predicted octanol–water partition coefficient (Wildman–Crippen LogP) is -1.62. The summed E-state index contributed by atoms with van der Waals surface area (Å²) in [6, 6.07) is 3.50. The average molecular weight is 483 g/mol. The quantitative estimate of drug-likeness (QED) is 0.260. The van der Waals surface area contributed by atoms with Crippen molar-refractivity contribution in [3.05, 3.63) is 23.7 Å². The van der Waals surface area contributed by atoms with E-state index in [0.717, 1.165) is 0 Å². The van der Waals surface area contributed by atoms with Gasteiger partial charge in [-0.2, -0.15) is 10.5 Å². The first-order chi connectivity index (χ1) is 11.1. The van der Waals surface area contributed by atoms with Gasteiger partial charge >= 0.3 is 19.5 Å². The summed E-state index contributed by atoms with van der Waals surface area (Å²) in [7, 11) is -4.94. The fraction of sp³-hybridized carbons (Fsp3) is 0.429. The molecule has 0 aromatic rings. The van der Waals surface area contributed by atoms with E-state index in [0.29, 0.717) is 0 Å². The second-order valence-corrected chi connectivity index (χ2v) is 4.37. The van der Waals surface area contributed by atoms with Crippen LogP contribution in [-0.4, -0.2) is 21.8 Å². The summed E-state index contributed by atoms with van der Waals surface area (Å²) in [4.78, 5) is 20.0. The van der Waals surface area contributed by atoms with E-state index in [1.807, 2.05) is 0 Å². The Morgan fingerprint density at radius 3 is 0.923 bits per heavy atom. The van der Waals surface area contributed by atoms with Gasteiger partial charge in [0.2, 0.25) is 0 Å². The molecular formula is C14H22ClN2O8Ru. The minimum atomic E-state index is -4.94. The molecule has 0 heterocycles. The molecule has 0 bridgehead atoms.